The lowest BCUT2D eigenvalue weighted by Crippen LogP contribution is -2.20. The molecule has 0 aliphatic heterocycles. The Labute approximate surface area is 386 Å². The molecule has 12 aromatic rings. The van der Waals surface area contributed by atoms with Crippen molar-refractivity contribution in [2.75, 3.05) is 0 Å². The van der Waals surface area contributed by atoms with Crippen molar-refractivity contribution < 1.29 is 13.3 Å². The van der Waals surface area contributed by atoms with Crippen molar-refractivity contribution in [1.82, 2.24) is 0 Å². The Morgan fingerprint density at radius 3 is 2.08 bits per heavy atom. The quantitative estimate of drug-likeness (QED) is 0.123. The monoisotopic (exact) mass is 877 g/mol. The van der Waals surface area contributed by atoms with Gasteiger partial charge in [0.05, 0.1) is 12.7 Å². The van der Waals surface area contributed by atoms with Gasteiger partial charge in [0.15, 0.2) is 0 Å². The third-order valence-corrected chi connectivity index (χ3v) is 13.2. The minimum Gasteiger partial charge on any atom is -0.456 e. The summed E-state index contributed by atoms with van der Waals surface area (Å²) in [7, 11) is 0. The van der Waals surface area contributed by atoms with Crippen LogP contribution in [0, 0.1) is 6.92 Å². The molecule has 0 aliphatic rings. The van der Waals surface area contributed by atoms with Gasteiger partial charge in [0.25, 0.3) is 0 Å². The second-order valence-corrected chi connectivity index (χ2v) is 17.3. The highest BCUT2D eigenvalue weighted by Gasteiger charge is 2.19. The fourth-order valence-electron chi connectivity index (χ4n) is 9.00. The molecule has 0 bridgehead atoms. The van der Waals surface area contributed by atoms with Crippen LogP contribution in [0.3, 0.4) is 0 Å². The summed E-state index contributed by atoms with van der Waals surface area (Å²) in [4.78, 5) is 3.76. The van der Waals surface area contributed by atoms with Gasteiger partial charge in [-0.05, 0) is 96.4 Å². The number of thiophene rings is 1. The van der Waals surface area contributed by atoms with Crippen LogP contribution < -0.4 is 11.5 Å². The van der Waals surface area contributed by atoms with E-state index in [0.717, 1.165) is 106 Å². The second-order valence-electron chi connectivity index (χ2n) is 16.2. The van der Waals surface area contributed by atoms with E-state index >= 15 is 0 Å². The number of aryl methyl sites for hydroxylation is 1. The van der Waals surface area contributed by atoms with Crippen molar-refractivity contribution >= 4 is 105 Å². The fourth-order valence-corrected chi connectivity index (χ4v) is 10.1. The largest absolute Gasteiger partial charge is 0.456 e. The number of benzene rings is 8. The van der Waals surface area contributed by atoms with E-state index in [0.29, 0.717) is 0 Å². The van der Waals surface area contributed by atoms with Gasteiger partial charge in [-0.25, -0.2) is 0 Å². The number of allylic oxidation sites excluding steroid dienone is 1. The number of rotatable bonds is 7. The van der Waals surface area contributed by atoms with Crippen molar-refractivity contribution in [2.45, 2.75) is 26.6 Å². The van der Waals surface area contributed by atoms with Gasteiger partial charge in [0.1, 0.15) is 33.7 Å². The normalized spacial score (nSPS) is 11.6. The van der Waals surface area contributed by atoms with E-state index in [2.05, 4.69) is 128 Å². The van der Waals surface area contributed by atoms with E-state index in [1.54, 1.807) is 0 Å². The van der Waals surface area contributed by atoms with Crippen LogP contribution in [0.1, 0.15) is 41.1 Å². The summed E-state index contributed by atoms with van der Waals surface area (Å²) in [5.74, 6) is 0.886. The van der Waals surface area contributed by atoms with Crippen LogP contribution in [0.2, 0.25) is 0 Å². The average Bonchev–Trinajstić information content (AvgIpc) is 4.12. The van der Waals surface area contributed by atoms with E-state index in [1.807, 2.05) is 97.2 Å². The Balaban J connectivity index is 0.000000174. The maximum atomic E-state index is 6.62. The number of nitrogens with two attached hydrogens (primary N) is 2. The molecule has 0 aliphatic carbocycles. The van der Waals surface area contributed by atoms with Crippen molar-refractivity contribution in [1.29, 1.82) is 0 Å². The van der Waals surface area contributed by atoms with Crippen LogP contribution in [0.25, 0.3) is 109 Å². The van der Waals surface area contributed by atoms with Crippen LogP contribution in [0.4, 0.5) is 0 Å². The molecule has 66 heavy (non-hydrogen) atoms. The van der Waals surface area contributed by atoms with Gasteiger partial charge in [0.2, 0.25) is 0 Å². The smallest absolute Gasteiger partial charge is 0.143 e. The first-order chi connectivity index (χ1) is 32.3. The van der Waals surface area contributed by atoms with E-state index in [4.69, 9.17) is 24.7 Å². The first kappa shape index (κ1) is 42.2. The van der Waals surface area contributed by atoms with Gasteiger partial charge in [-0.1, -0.05) is 146 Å². The highest BCUT2D eigenvalue weighted by molar-refractivity contribution is 7.25. The maximum absolute atomic E-state index is 6.62. The standard InChI is InChI=1S/C37H24N2O2S.C14H14O.C8H9N/c38-37(39)27-10-5-11-30-35(27)28-18-20(15-17-29(28)40-30)22-7-4-12-31-34(22)26-9-3-8-23(36(26)41-31)21-14-16-25-24-6-1-2-13-32(24)42-33(25)19-21;1-4-7-13-11(5-2)12-9-6-8-10(3)14(12)15-13;1-9-7-8-5-3-2-4-6-8/h1-19,37H,38-39H2;4-9H,2H2,1,3H3;2-6H,1,7H2/b;7-4-;. The Morgan fingerprint density at radius 1 is 0.591 bits per heavy atom. The number of nitrogens with zero attached hydrogens (tertiary/aromatic N) is 1. The summed E-state index contributed by atoms with van der Waals surface area (Å²) >= 11 is 1.83. The van der Waals surface area contributed by atoms with E-state index < -0.39 is 6.17 Å². The summed E-state index contributed by atoms with van der Waals surface area (Å²) in [5, 5.41) is 7.89. The van der Waals surface area contributed by atoms with Crippen LogP contribution in [-0.4, -0.2) is 6.72 Å². The van der Waals surface area contributed by atoms with Gasteiger partial charge < -0.3 is 24.7 Å². The van der Waals surface area contributed by atoms with Crippen molar-refractivity contribution in [3.63, 3.8) is 0 Å². The van der Waals surface area contributed by atoms with E-state index in [-0.39, 0.29) is 0 Å². The molecule has 4 aromatic heterocycles. The topological polar surface area (TPSA) is 104 Å². The number of furan rings is 3. The second kappa shape index (κ2) is 18.0. The van der Waals surface area contributed by atoms with E-state index in [1.165, 1.54) is 25.7 Å². The van der Waals surface area contributed by atoms with E-state index in [9.17, 15) is 0 Å². The molecule has 0 fully saturated rings. The molecule has 0 spiro atoms. The third kappa shape index (κ3) is 7.69. The minimum absolute atomic E-state index is 0.593. The molecule has 4 N–H and O–H groups in total. The molecule has 7 heteroatoms. The minimum atomic E-state index is -0.593. The fraction of sp³-hybridized carbons (Fsp3) is 0.0678. The Morgan fingerprint density at radius 2 is 1.27 bits per heavy atom. The lowest BCUT2D eigenvalue weighted by atomic mass is 9.95. The average molecular weight is 878 g/mol. The molecule has 322 valence electrons. The highest BCUT2D eigenvalue weighted by atomic mass is 32.1. The summed E-state index contributed by atoms with van der Waals surface area (Å²) in [6, 6.07) is 56.4. The summed E-state index contributed by atoms with van der Waals surface area (Å²) in [5.41, 5.74) is 25.3. The molecule has 0 saturated heterocycles. The van der Waals surface area contributed by atoms with Gasteiger partial charge in [-0.15, -0.1) is 11.3 Å². The molecule has 12 rings (SSSR count). The Hall–Kier alpha value is -7.81. The number of aliphatic imine (C=N–C) groups is 1. The number of fused-ring (bicyclic) bond motifs is 10. The van der Waals surface area contributed by atoms with Crippen molar-refractivity contribution in [3.8, 4) is 22.3 Å². The lowest BCUT2D eigenvalue weighted by molar-refractivity contribution is 0.601. The summed E-state index contributed by atoms with van der Waals surface area (Å²) < 4.78 is 21.2. The zero-order valence-corrected chi connectivity index (χ0v) is 37.6. The van der Waals surface area contributed by atoms with Crippen molar-refractivity contribution in [3.05, 3.63) is 204 Å². The highest BCUT2D eigenvalue weighted by Crippen LogP contribution is 2.44. The van der Waals surface area contributed by atoms with Crippen molar-refractivity contribution in [2.24, 2.45) is 16.5 Å². The maximum Gasteiger partial charge on any atom is 0.143 e. The van der Waals surface area contributed by atoms with Gasteiger partial charge >= 0.3 is 0 Å². The SMILES string of the molecule is C=Cc1c(/C=C\C)oc2c(C)cccc12.C=NCc1ccccc1.NC(N)c1cccc2oc3ccc(-c4cccc5oc6c(-c7ccc8c(c7)sc7ccccc78)cccc6c45)cc3c12. The zero-order valence-electron chi connectivity index (χ0n) is 36.8. The molecule has 8 aromatic carbocycles. The molecule has 0 saturated carbocycles. The molecule has 0 amide bonds. The summed E-state index contributed by atoms with van der Waals surface area (Å²) in [6.07, 6.45) is 5.20. The molecular weight excluding hydrogens is 831 g/mol. The van der Waals surface area contributed by atoms with Crippen LogP contribution in [0.15, 0.2) is 195 Å². The lowest BCUT2D eigenvalue weighted by Gasteiger charge is -2.08. The van der Waals surface area contributed by atoms with Crippen LogP contribution in [-0.2, 0) is 6.54 Å². The Kier molecular flexibility index (Phi) is 11.5. The first-order valence-corrected chi connectivity index (χ1v) is 22.7. The van der Waals surface area contributed by atoms with Gasteiger partial charge in [0, 0.05) is 58.2 Å². The number of hydrogen-bond donors (Lipinski definition) is 2. The third-order valence-electron chi connectivity index (χ3n) is 12.0. The Bertz CT molecular complexity index is 3790. The molecule has 4 heterocycles. The molecule has 0 radical (unpaired) electrons. The van der Waals surface area contributed by atoms with Gasteiger partial charge in [-0.2, -0.15) is 0 Å². The van der Waals surface area contributed by atoms with Crippen LogP contribution >= 0.6 is 11.3 Å². The molecule has 0 unspecified atom stereocenters. The predicted octanol–water partition coefficient (Wildman–Crippen LogP) is 16.4. The van der Waals surface area contributed by atoms with Gasteiger partial charge in [-0.3, -0.25) is 4.99 Å². The summed E-state index contributed by atoms with van der Waals surface area (Å²) in [6.45, 7) is 12.0. The molecular formula is C59H47N3O3S. The predicted molar refractivity (Wildman–Crippen MR) is 281 cm³/mol. The first-order valence-electron chi connectivity index (χ1n) is 21.9. The number of hydrogen-bond acceptors (Lipinski definition) is 7. The zero-order chi connectivity index (χ0) is 45.3. The molecule has 6 nitrogen and oxygen atoms in total. The van der Waals surface area contributed by atoms with Crippen LogP contribution in [0.5, 0.6) is 0 Å². The number of para-hydroxylation sites is 2. The molecule has 0 atom stereocenters.